The van der Waals surface area contributed by atoms with Crippen molar-refractivity contribution in [3.8, 4) is 0 Å². The van der Waals surface area contributed by atoms with E-state index in [-0.39, 0.29) is 10.4 Å². The van der Waals surface area contributed by atoms with E-state index in [1.807, 2.05) is 0 Å². The van der Waals surface area contributed by atoms with Gasteiger partial charge in [-0.3, -0.25) is 9.69 Å². The van der Waals surface area contributed by atoms with Crippen molar-refractivity contribution in [2.45, 2.75) is 0 Å². The summed E-state index contributed by atoms with van der Waals surface area (Å²) in [6, 6.07) is 1.45. The number of rotatable bonds is 4. The number of halogens is 1. The summed E-state index contributed by atoms with van der Waals surface area (Å²) in [7, 11) is 0. The fraction of sp³-hybridized carbons (Fsp3) is 0.500. The van der Waals surface area contributed by atoms with Gasteiger partial charge in [-0.15, -0.1) is 0 Å². The van der Waals surface area contributed by atoms with Crippen molar-refractivity contribution >= 4 is 21.8 Å². The molecule has 19 heavy (non-hydrogen) atoms. The average Bonchev–Trinajstić information content (AvgIpc) is 2.43. The van der Waals surface area contributed by atoms with Crippen molar-refractivity contribution in [3.63, 3.8) is 0 Å². The lowest BCUT2D eigenvalue weighted by molar-refractivity contribution is 0.0383. The van der Waals surface area contributed by atoms with Gasteiger partial charge >= 0.3 is 5.63 Å². The van der Waals surface area contributed by atoms with E-state index >= 15 is 0 Å². The van der Waals surface area contributed by atoms with Gasteiger partial charge in [0.15, 0.2) is 0 Å². The molecule has 2 heterocycles. The van der Waals surface area contributed by atoms with E-state index in [9.17, 15) is 9.59 Å². The van der Waals surface area contributed by atoms with Crippen LogP contribution in [0.5, 0.6) is 0 Å². The Morgan fingerprint density at radius 2 is 2.16 bits per heavy atom. The molecule has 1 amide bonds. The van der Waals surface area contributed by atoms with E-state index < -0.39 is 5.63 Å². The summed E-state index contributed by atoms with van der Waals surface area (Å²) in [5, 5.41) is 2.79. The molecule has 7 heteroatoms. The van der Waals surface area contributed by atoms with Gasteiger partial charge in [0.1, 0.15) is 10.7 Å². The van der Waals surface area contributed by atoms with E-state index in [4.69, 9.17) is 9.15 Å². The summed E-state index contributed by atoms with van der Waals surface area (Å²) in [6.07, 6.45) is 1.16. The lowest BCUT2D eigenvalue weighted by Crippen LogP contribution is -2.41. The molecule has 0 aromatic carbocycles. The first kappa shape index (κ1) is 14.2. The zero-order valence-electron chi connectivity index (χ0n) is 10.4. The Kier molecular flexibility index (Phi) is 5.12. The van der Waals surface area contributed by atoms with Crippen LogP contribution in [0.2, 0.25) is 0 Å². The van der Waals surface area contributed by atoms with Crippen LogP contribution in [0.25, 0.3) is 0 Å². The fourth-order valence-corrected chi connectivity index (χ4v) is 2.12. The summed E-state index contributed by atoms with van der Waals surface area (Å²) < 4.78 is 10.2. The number of carbonyl (C=O) groups excluding carboxylic acids is 1. The minimum absolute atomic E-state index is 0.244. The summed E-state index contributed by atoms with van der Waals surface area (Å²) >= 11 is 3.04. The maximum atomic E-state index is 11.8. The highest BCUT2D eigenvalue weighted by Crippen LogP contribution is 2.06. The van der Waals surface area contributed by atoms with Crippen LogP contribution in [0.4, 0.5) is 0 Å². The first-order chi connectivity index (χ1) is 9.16. The molecule has 0 bridgehead atoms. The number of hydrogen-bond acceptors (Lipinski definition) is 5. The molecule has 1 fully saturated rings. The average molecular weight is 331 g/mol. The molecule has 2 rings (SSSR count). The number of morpholine rings is 1. The highest BCUT2D eigenvalue weighted by Gasteiger charge is 2.12. The zero-order chi connectivity index (χ0) is 13.7. The third-order valence-corrected chi connectivity index (χ3v) is 3.40. The molecule has 104 valence electrons. The highest BCUT2D eigenvalue weighted by molar-refractivity contribution is 9.10. The number of hydrogen-bond donors (Lipinski definition) is 1. The smallest absolute Gasteiger partial charge is 0.350 e. The summed E-state index contributed by atoms with van der Waals surface area (Å²) in [4.78, 5) is 25.1. The van der Waals surface area contributed by atoms with Gasteiger partial charge in [-0.05, 0) is 22.0 Å². The Hall–Kier alpha value is -1.18. The highest BCUT2D eigenvalue weighted by atomic mass is 79.9. The Morgan fingerprint density at radius 1 is 1.42 bits per heavy atom. The largest absolute Gasteiger partial charge is 0.430 e. The maximum Gasteiger partial charge on any atom is 0.350 e. The van der Waals surface area contributed by atoms with Gasteiger partial charge in [0.25, 0.3) is 5.91 Å². The van der Waals surface area contributed by atoms with Gasteiger partial charge in [0.2, 0.25) is 0 Å². The van der Waals surface area contributed by atoms with Crippen LogP contribution in [0.3, 0.4) is 0 Å². The van der Waals surface area contributed by atoms with Gasteiger partial charge in [0, 0.05) is 26.2 Å². The van der Waals surface area contributed by atoms with Crippen LogP contribution in [-0.4, -0.2) is 50.2 Å². The third-order valence-electron chi connectivity index (χ3n) is 2.85. The Labute approximate surface area is 118 Å². The van der Waals surface area contributed by atoms with E-state index in [0.29, 0.717) is 12.1 Å². The van der Waals surface area contributed by atoms with Crippen molar-refractivity contribution in [1.82, 2.24) is 10.2 Å². The molecule has 0 unspecified atom stereocenters. The van der Waals surface area contributed by atoms with Gasteiger partial charge in [-0.25, -0.2) is 4.79 Å². The lowest BCUT2D eigenvalue weighted by Gasteiger charge is -2.26. The van der Waals surface area contributed by atoms with Crippen molar-refractivity contribution in [3.05, 3.63) is 32.8 Å². The molecule has 1 aromatic heterocycles. The molecule has 1 N–H and O–H groups in total. The first-order valence-corrected chi connectivity index (χ1v) is 6.83. The Morgan fingerprint density at radius 3 is 2.84 bits per heavy atom. The molecule has 0 spiro atoms. The first-order valence-electron chi connectivity index (χ1n) is 6.03. The molecule has 1 aliphatic rings. The second kappa shape index (κ2) is 6.83. The number of ether oxygens (including phenoxy) is 1. The third kappa shape index (κ3) is 4.15. The van der Waals surface area contributed by atoms with Crippen molar-refractivity contribution in [2.24, 2.45) is 0 Å². The molecule has 1 aromatic rings. The van der Waals surface area contributed by atoms with Gasteiger partial charge in [-0.1, -0.05) is 0 Å². The standard InChI is InChI=1S/C12H15BrN2O4/c13-10-7-9(8-19-12(10)17)11(16)14-1-2-15-3-5-18-6-4-15/h7-8H,1-6H2,(H,14,16). The molecular formula is C12H15BrN2O4. The molecule has 0 atom stereocenters. The number of nitrogens with zero attached hydrogens (tertiary/aromatic N) is 1. The summed E-state index contributed by atoms with van der Waals surface area (Å²) in [5.74, 6) is -0.252. The van der Waals surface area contributed by atoms with Crippen LogP contribution in [0, 0.1) is 0 Å². The lowest BCUT2D eigenvalue weighted by atomic mass is 10.3. The van der Waals surface area contributed by atoms with Gasteiger partial charge in [0.05, 0.1) is 18.8 Å². The second-order valence-electron chi connectivity index (χ2n) is 4.18. The molecule has 1 saturated heterocycles. The van der Waals surface area contributed by atoms with Gasteiger partial charge in [-0.2, -0.15) is 0 Å². The Balaban J connectivity index is 1.80. The molecule has 1 aliphatic heterocycles. The zero-order valence-corrected chi connectivity index (χ0v) is 11.9. The van der Waals surface area contributed by atoms with Gasteiger partial charge < -0.3 is 14.5 Å². The minimum atomic E-state index is -0.495. The van der Waals surface area contributed by atoms with Crippen LogP contribution >= 0.6 is 15.9 Å². The van der Waals surface area contributed by atoms with E-state index in [1.165, 1.54) is 6.07 Å². The van der Waals surface area contributed by atoms with E-state index in [0.717, 1.165) is 39.1 Å². The molecule has 0 aliphatic carbocycles. The van der Waals surface area contributed by atoms with Crippen LogP contribution in [-0.2, 0) is 4.74 Å². The molecular weight excluding hydrogens is 316 g/mol. The van der Waals surface area contributed by atoms with Crippen LogP contribution in [0.1, 0.15) is 10.4 Å². The molecule has 0 radical (unpaired) electrons. The molecule has 0 saturated carbocycles. The predicted octanol–water partition coefficient (Wildman–Crippen LogP) is 0.464. The summed E-state index contributed by atoms with van der Waals surface area (Å²) in [5.41, 5.74) is -0.168. The Bertz CT molecular complexity index is 497. The number of amides is 1. The minimum Gasteiger partial charge on any atom is -0.430 e. The second-order valence-corrected chi connectivity index (χ2v) is 5.04. The fourth-order valence-electron chi connectivity index (χ4n) is 1.78. The number of carbonyl (C=O) groups is 1. The van der Waals surface area contributed by atoms with E-state index in [1.54, 1.807) is 0 Å². The van der Waals surface area contributed by atoms with Crippen LogP contribution in [0.15, 0.2) is 26.0 Å². The molecule has 6 nitrogen and oxygen atoms in total. The predicted molar refractivity (Wildman–Crippen MR) is 72.3 cm³/mol. The van der Waals surface area contributed by atoms with Crippen molar-refractivity contribution in [2.75, 3.05) is 39.4 Å². The van der Waals surface area contributed by atoms with Crippen molar-refractivity contribution in [1.29, 1.82) is 0 Å². The SMILES string of the molecule is O=C(NCCN1CCOCC1)c1coc(=O)c(Br)c1. The quantitative estimate of drug-likeness (QED) is 0.868. The summed E-state index contributed by atoms with van der Waals surface area (Å²) in [6.45, 7) is 4.60. The van der Waals surface area contributed by atoms with E-state index in [2.05, 4.69) is 26.1 Å². The topological polar surface area (TPSA) is 71.8 Å². The maximum absolute atomic E-state index is 11.8. The van der Waals surface area contributed by atoms with Crippen LogP contribution < -0.4 is 10.9 Å². The monoisotopic (exact) mass is 330 g/mol. The number of nitrogens with one attached hydrogen (secondary N) is 1. The van der Waals surface area contributed by atoms with Crippen molar-refractivity contribution < 1.29 is 13.9 Å². The normalized spacial score (nSPS) is 16.3.